The van der Waals surface area contributed by atoms with E-state index < -0.39 is 10.0 Å². The Kier molecular flexibility index (Phi) is 6.94. The Morgan fingerprint density at radius 3 is 2.52 bits per heavy atom. The highest BCUT2D eigenvalue weighted by Gasteiger charge is 2.28. The first-order chi connectivity index (χ1) is 9.44. The summed E-state index contributed by atoms with van der Waals surface area (Å²) < 4.78 is 27.7. The van der Waals surface area contributed by atoms with Crippen LogP contribution in [-0.4, -0.2) is 21.0 Å². The van der Waals surface area contributed by atoms with E-state index in [1.165, 1.54) is 0 Å². The minimum Gasteiger partial charge on any atom is -0.329 e. The topological polar surface area (TPSA) is 72.2 Å². The molecule has 120 valence electrons. The van der Waals surface area contributed by atoms with E-state index in [-0.39, 0.29) is 23.3 Å². The number of hydrogen-bond donors (Lipinski definition) is 2. The van der Waals surface area contributed by atoms with Crippen LogP contribution in [0.4, 0.5) is 0 Å². The van der Waals surface area contributed by atoms with Gasteiger partial charge in [-0.05, 0) is 49.4 Å². The third-order valence-electron chi connectivity index (χ3n) is 3.96. The molecule has 1 saturated carbocycles. The molecule has 7 heteroatoms. The minimum absolute atomic E-state index is 0. The second-order valence-corrected chi connectivity index (χ2v) is 7.54. The highest BCUT2D eigenvalue weighted by atomic mass is 35.5. The Balaban J connectivity index is 0.00000220. The molecule has 1 aromatic rings. The molecule has 1 fully saturated rings. The van der Waals surface area contributed by atoms with Gasteiger partial charge in [0.2, 0.25) is 10.0 Å². The van der Waals surface area contributed by atoms with Crippen molar-refractivity contribution < 1.29 is 8.42 Å². The number of rotatable bonds is 5. The molecule has 1 aromatic carbocycles. The molecule has 2 rings (SSSR count). The highest BCUT2D eigenvalue weighted by molar-refractivity contribution is 7.89. The average Bonchev–Trinajstić information content (AvgIpc) is 2.89. The van der Waals surface area contributed by atoms with Gasteiger partial charge < -0.3 is 5.73 Å². The first kappa shape index (κ1) is 18.7. The summed E-state index contributed by atoms with van der Waals surface area (Å²) in [6.45, 7) is 2.07. The lowest BCUT2D eigenvalue weighted by Gasteiger charge is -2.23. The van der Waals surface area contributed by atoms with E-state index in [0.29, 0.717) is 23.0 Å². The summed E-state index contributed by atoms with van der Waals surface area (Å²) in [5.41, 5.74) is 6.40. The van der Waals surface area contributed by atoms with Crippen LogP contribution in [0.25, 0.3) is 0 Å². The van der Waals surface area contributed by atoms with Crippen LogP contribution < -0.4 is 10.5 Å². The van der Waals surface area contributed by atoms with Crippen LogP contribution in [0.5, 0.6) is 0 Å². The third kappa shape index (κ3) is 4.57. The van der Waals surface area contributed by atoms with E-state index in [1.54, 1.807) is 25.1 Å². The van der Waals surface area contributed by atoms with Gasteiger partial charge in [-0.2, -0.15) is 0 Å². The van der Waals surface area contributed by atoms with Crippen molar-refractivity contribution in [3.8, 4) is 0 Å². The normalized spacial score (nSPS) is 17.5. The summed E-state index contributed by atoms with van der Waals surface area (Å²) in [5, 5.41) is 0.535. The van der Waals surface area contributed by atoms with Gasteiger partial charge in [0, 0.05) is 17.6 Å². The number of nitrogens with one attached hydrogen (secondary N) is 1. The summed E-state index contributed by atoms with van der Waals surface area (Å²) in [6.07, 6.45) is 4.40. The third-order valence-corrected chi connectivity index (χ3v) is 5.84. The van der Waals surface area contributed by atoms with Gasteiger partial charge >= 0.3 is 0 Å². The molecule has 1 unspecified atom stereocenters. The van der Waals surface area contributed by atoms with Crippen molar-refractivity contribution in [2.75, 3.05) is 6.54 Å². The van der Waals surface area contributed by atoms with Crippen molar-refractivity contribution in [2.45, 2.75) is 43.5 Å². The molecule has 3 N–H and O–H groups in total. The van der Waals surface area contributed by atoms with E-state index in [0.717, 1.165) is 25.7 Å². The van der Waals surface area contributed by atoms with E-state index in [4.69, 9.17) is 17.3 Å². The highest BCUT2D eigenvalue weighted by Crippen LogP contribution is 2.28. The summed E-state index contributed by atoms with van der Waals surface area (Å²) in [5.74, 6) is 0.349. The van der Waals surface area contributed by atoms with Gasteiger partial charge in [-0.1, -0.05) is 24.4 Å². The van der Waals surface area contributed by atoms with Crippen LogP contribution in [0.3, 0.4) is 0 Å². The number of hydrogen-bond acceptors (Lipinski definition) is 3. The molecule has 0 heterocycles. The number of sulfonamides is 1. The van der Waals surface area contributed by atoms with Crippen LogP contribution in [0.1, 0.15) is 31.2 Å². The molecule has 0 radical (unpaired) electrons. The number of nitrogens with two attached hydrogens (primary N) is 1. The van der Waals surface area contributed by atoms with Crippen LogP contribution in [0.2, 0.25) is 5.02 Å². The van der Waals surface area contributed by atoms with Gasteiger partial charge in [0.05, 0.1) is 4.90 Å². The Morgan fingerprint density at radius 1 is 1.38 bits per heavy atom. The fourth-order valence-electron chi connectivity index (χ4n) is 2.87. The zero-order valence-electron chi connectivity index (χ0n) is 12.0. The SMILES string of the molecule is Cc1cc(Cl)ccc1S(=O)(=O)NC(CN)C1CCCC1.Cl. The molecule has 21 heavy (non-hydrogen) atoms. The zero-order chi connectivity index (χ0) is 14.8. The molecular formula is C14H22Cl2N2O2S. The molecule has 0 spiro atoms. The van der Waals surface area contributed by atoms with E-state index in [9.17, 15) is 8.42 Å². The van der Waals surface area contributed by atoms with Crippen LogP contribution >= 0.6 is 24.0 Å². The van der Waals surface area contributed by atoms with E-state index >= 15 is 0 Å². The molecule has 0 saturated heterocycles. The maximum absolute atomic E-state index is 12.5. The molecular weight excluding hydrogens is 331 g/mol. The number of halogens is 2. The summed E-state index contributed by atoms with van der Waals surface area (Å²) in [7, 11) is -3.55. The summed E-state index contributed by atoms with van der Waals surface area (Å²) in [6, 6.07) is 4.61. The maximum Gasteiger partial charge on any atom is 0.241 e. The lowest BCUT2D eigenvalue weighted by molar-refractivity contribution is 0.405. The molecule has 0 aromatic heterocycles. The van der Waals surface area contributed by atoms with Crippen molar-refractivity contribution >= 4 is 34.0 Å². The molecule has 4 nitrogen and oxygen atoms in total. The van der Waals surface area contributed by atoms with E-state index in [1.807, 2.05) is 0 Å². The van der Waals surface area contributed by atoms with Crippen molar-refractivity contribution in [3.63, 3.8) is 0 Å². The standard InChI is InChI=1S/C14H21ClN2O2S.ClH/c1-10-8-12(15)6-7-14(10)20(18,19)17-13(9-16)11-4-2-3-5-11;/h6-8,11,13,17H,2-5,9,16H2,1H3;1H. The lowest BCUT2D eigenvalue weighted by atomic mass is 9.99. The molecule has 0 bridgehead atoms. The Bertz CT molecular complexity index is 572. The fraction of sp³-hybridized carbons (Fsp3) is 0.571. The Labute approximate surface area is 137 Å². The molecule has 1 aliphatic carbocycles. The molecule has 0 amide bonds. The van der Waals surface area contributed by atoms with Gasteiger partial charge in [0.15, 0.2) is 0 Å². The maximum atomic E-state index is 12.5. The van der Waals surface area contributed by atoms with Crippen LogP contribution in [0, 0.1) is 12.8 Å². The van der Waals surface area contributed by atoms with E-state index in [2.05, 4.69) is 4.72 Å². The molecule has 1 aliphatic rings. The number of aryl methyl sites for hydroxylation is 1. The van der Waals surface area contributed by atoms with Crippen LogP contribution in [0.15, 0.2) is 23.1 Å². The minimum atomic E-state index is -3.55. The van der Waals surface area contributed by atoms with Crippen molar-refractivity contribution in [1.29, 1.82) is 0 Å². The quantitative estimate of drug-likeness (QED) is 0.855. The smallest absolute Gasteiger partial charge is 0.241 e. The monoisotopic (exact) mass is 352 g/mol. The predicted molar refractivity (Wildman–Crippen MR) is 88.6 cm³/mol. The molecule has 1 atom stereocenters. The van der Waals surface area contributed by atoms with Crippen molar-refractivity contribution in [1.82, 2.24) is 4.72 Å². The number of benzene rings is 1. The Morgan fingerprint density at radius 2 is 2.00 bits per heavy atom. The summed E-state index contributed by atoms with van der Waals surface area (Å²) in [4.78, 5) is 0.276. The molecule has 0 aliphatic heterocycles. The van der Waals surface area contributed by atoms with Gasteiger partial charge in [0.25, 0.3) is 0 Å². The largest absolute Gasteiger partial charge is 0.329 e. The van der Waals surface area contributed by atoms with Crippen molar-refractivity contribution in [3.05, 3.63) is 28.8 Å². The lowest BCUT2D eigenvalue weighted by Crippen LogP contribution is -2.44. The first-order valence-electron chi connectivity index (χ1n) is 6.92. The zero-order valence-corrected chi connectivity index (χ0v) is 14.4. The van der Waals surface area contributed by atoms with Crippen LogP contribution in [-0.2, 0) is 10.0 Å². The van der Waals surface area contributed by atoms with Gasteiger partial charge in [0.1, 0.15) is 0 Å². The average molecular weight is 353 g/mol. The first-order valence-corrected chi connectivity index (χ1v) is 8.78. The second kappa shape index (κ2) is 7.79. The second-order valence-electron chi connectivity index (χ2n) is 5.42. The van der Waals surface area contributed by atoms with Gasteiger partial charge in [-0.25, -0.2) is 13.1 Å². The Hall–Kier alpha value is -0.330. The summed E-state index contributed by atoms with van der Waals surface area (Å²) >= 11 is 5.87. The van der Waals surface area contributed by atoms with Gasteiger partial charge in [-0.15, -0.1) is 12.4 Å². The predicted octanol–water partition coefficient (Wildman–Crippen LogP) is 2.87. The van der Waals surface area contributed by atoms with Gasteiger partial charge in [-0.3, -0.25) is 0 Å². The fourth-order valence-corrected chi connectivity index (χ4v) is 4.64. The van der Waals surface area contributed by atoms with Crippen molar-refractivity contribution in [2.24, 2.45) is 11.7 Å².